The summed E-state index contributed by atoms with van der Waals surface area (Å²) in [6.07, 6.45) is 8.40. The largest absolute Gasteiger partial charge is 0.462 e. The summed E-state index contributed by atoms with van der Waals surface area (Å²) in [7, 11) is 0. The highest BCUT2D eigenvalue weighted by molar-refractivity contribution is 9.11. The van der Waals surface area contributed by atoms with Crippen molar-refractivity contribution >= 4 is 43.8 Å². The third-order valence-electron chi connectivity index (χ3n) is 3.94. The van der Waals surface area contributed by atoms with Crippen molar-refractivity contribution in [3.8, 4) is 0 Å². The first-order chi connectivity index (χ1) is 12.5. The number of benzene rings is 1. The van der Waals surface area contributed by atoms with Crippen molar-refractivity contribution in [1.82, 2.24) is 0 Å². The minimum atomic E-state index is -0.403. The minimum Gasteiger partial charge on any atom is -0.462 e. The molecule has 146 valence electrons. The van der Waals surface area contributed by atoms with E-state index in [2.05, 4.69) is 45.7 Å². The molecule has 1 aromatic carbocycles. The lowest BCUT2D eigenvalue weighted by Gasteiger charge is -2.11. The highest BCUT2D eigenvalue weighted by Crippen LogP contribution is 2.28. The van der Waals surface area contributed by atoms with Crippen LogP contribution in [0.25, 0.3) is 0 Å². The molecule has 0 spiro atoms. The third kappa shape index (κ3) is 8.21. The molecule has 0 aliphatic rings. The summed E-state index contributed by atoms with van der Waals surface area (Å²) in [5.74, 6) is -0.790. The van der Waals surface area contributed by atoms with Gasteiger partial charge in [-0.1, -0.05) is 52.4 Å². The fraction of sp³-hybridized carbons (Fsp3) is 0.600. The minimum absolute atomic E-state index is 0.387. The lowest BCUT2D eigenvalue weighted by molar-refractivity contribution is 0.0481. The van der Waals surface area contributed by atoms with Crippen LogP contribution in [0.1, 0.15) is 85.9 Å². The number of halogens is 2. The molecule has 0 radical (unpaired) electrons. The summed E-state index contributed by atoms with van der Waals surface area (Å²) in [5, 5.41) is 0. The zero-order valence-corrected chi connectivity index (χ0v) is 18.8. The molecule has 0 aromatic heterocycles. The van der Waals surface area contributed by atoms with Crippen LogP contribution >= 0.6 is 31.9 Å². The summed E-state index contributed by atoms with van der Waals surface area (Å²) in [5.41, 5.74) is 0.790. The van der Waals surface area contributed by atoms with Crippen molar-refractivity contribution in [3.05, 3.63) is 32.2 Å². The lowest BCUT2D eigenvalue weighted by atomic mass is 10.1. The molecule has 0 N–H and O–H groups in total. The van der Waals surface area contributed by atoms with Crippen LogP contribution in [0.3, 0.4) is 0 Å². The Hall–Kier alpha value is -0.880. The van der Waals surface area contributed by atoms with Gasteiger partial charge in [0.15, 0.2) is 0 Å². The maximum Gasteiger partial charge on any atom is 0.340 e. The first kappa shape index (κ1) is 23.2. The second-order valence-corrected chi connectivity index (χ2v) is 7.92. The van der Waals surface area contributed by atoms with E-state index in [0.717, 1.165) is 51.4 Å². The van der Waals surface area contributed by atoms with Gasteiger partial charge in [-0.05, 0) is 56.8 Å². The second-order valence-electron chi connectivity index (χ2n) is 6.21. The predicted molar refractivity (Wildman–Crippen MR) is 111 cm³/mol. The van der Waals surface area contributed by atoms with Crippen LogP contribution in [0.15, 0.2) is 21.1 Å². The number of hydrogen-bond donors (Lipinski definition) is 0. The highest BCUT2D eigenvalue weighted by atomic mass is 79.9. The maximum absolute atomic E-state index is 12.3. The van der Waals surface area contributed by atoms with Gasteiger partial charge >= 0.3 is 11.9 Å². The van der Waals surface area contributed by atoms with Crippen molar-refractivity contribution < 1.29 is 19.1 Å². The molecule has 0 amide bonds. The summed E-state index contributed by atoms with van der Waals surface area (Å²) >= 11 is 6.73. The SMILES string of the molecule is CCCCCCOC(=O)c1cc(Br)c(C(=O)OCCCCCC)c(Br)c1. The van der Waals surface area contributed by atoms with E-state index in [9.17, 15) is 9.59 Å². The normalized spacial score (nSPS) is 10.6. The van der Waals surface area contributed by atoms with E-state index in [1.807, 2.05) is 0 Å². The molecule has 0 bridgehead atoms. The topological polar surface area (TPSA) is 52.6 Å². The molecule has 1 aromatic rings. The quantitative estimate of drug-likeness (QED) is 0.241. The monoisotopic (exact) mass is 490 g/mol. The fourth-order valence-corrected chi connectivity index (χ4v) is 3.94. The van der Waals surface area contributed by atoms with Crippen LogP contribution in [0, 0.1) is 0 Å². The molecule has 6 heteroatoms. The van der Waals surface area contributed by atoms with Crippen LogP contribution < -0.4 is 0 Å². The van der Waals surface area contributed by atoms with Gasteiger partial charge in [-0.3, -0.25) is 0 Å². The molecule has 0 atom stereocenters. The molecule has 1 rings (SSSR count). The van der Waals surface area contributed by atoms with Gasteiger partial charge < -0.3 is 9.47 Å². The first-order valence-electron chi connectivity index (χ1n) is 9.34. The van der Waals surface area contributed by atoms with Crippen molar-refractivity contribution in [3.63, 3.8) is 0 Å². The standard InChI is InChI=1S/C20H28Br2O4/c1-3-5-7-9-11-25-19(23)15-13-16(21)18(17(22)14-15)20(24)26-12-10-8-6-4-2/h13-14H,3-12H2,1-2H3. The van der Waals surface area contributed by atoms with Crippen molar-refractivity contribution in [2.75, 3.05) is 13.2 Å². The van der Waals surface area contributed by atoms with Gasteiger partial charge in [-0.15, -0.1) is 0 Å². The van der Waals surface area contributed by atoms with Crippen LogP contribution in [0.2, 0.25) is 0 Å². The van der Waals surface area contributed by atoms with E-state index in [-0.39, 0.29) is 5.97 Å². The Morgan fingerprint density at radius 3 is 1.69 bits per heavy atom. The van der Waals surface area contributed by atoms with Gasteiger partial charge in [0.05, 0.1) is 24.3 Å². The van der Waals surface area contributed by atoms with Gasteiger partial charge in [0.25, 0.3) is 0 Å². The number of ether oxygens (including phenoxy) is 2. The van der Waals surface area contributed by atoms with E-state index in [1.54, 1.807) is 12.1 Å². The number of rotatable bonds is 12. The van der Waals surface area contributed by atoms with Crippen LogP contribution in [-0.2, 0) is 9.47 Å². The van der Waals surface area contributed by atoms with Gasteiger partial charge in [0.1, 0.15) is 0 Å². The smallest absolute Gasteiger partial charge is 0.340 e. The van der Waals surface area contributed by atoms with E-state index in [0.29, 0.717) is 33.3 Å². The Balaban J connectivity index is 2.60. The number of carbonyl (C=O) groups excluding carboxylic acids is 2. The predicted octanol–water partition coefficient (Wildman–Crippen LogP) is 6.69. The van der Waals surface area contributed by atoms with Gasteiger partial charge in [-0.2, -0.15) is 0 Å². The number of carbonyl (C=O) groups is 2. The molecular formula is C20H28Br2O4. The van der Waals surface area contributed by atoms with Crippen molar-refractivity contribution in [2.45, 2.75) is 65.2 Å². The van der Waals surface area contributed by atoms with E-state index in [4.69, 9.17) is 9.47 Å². The van der Waals surface area contributed by atoms with Gasteiger partial charge in [0.2, 0.25) is 0 Å². The van der Waals surface area contributed by atoms with Crippen LogP contribution in [0.4, 0.5) is 0 Å². The summed E-state index contributed by atoms with van der Waals surface area (Å²) < 4.78 is 11.6. The molecule has 0 unspecified atom stereocenters. The Bertz CT molecular complexity index is 564. The van der Waals surface area contributed by atoms with E-state index in [1.165, 1.54) is 0 Å². The Morgan fingerprint density at radius 2 is 1.23 bits per heavy atom. The van der Waals surface area contributed by atoms with Gasteiger partial charge in [-0.25, -0.2) is 9.59 Å². The van der Waals surface area contributed by atoms with Crippen molar-refractivity contribution in [1.29, 1.82) is 0 Å². The number of esters is 2. The molecular weight excluding hydrogens is 464 g/mol. The summed E-state index contributed by atoms with van der Waals surface area (Å²) in [6.45, 7) is 5.09. The van der Waals surface area contributed by atoms with Crippen molar-refractivity contribution in [2.24, 2.45) is 0 Å². The number of unbranched alkanes of at least 4 members (excludes halogenated alkanes) is 6. The molecule has 0 saturated heterocycles. The lowest BCUT2D eigenvalue weighted by Crippen LogP contribution is -2.11. The second kappa shape index (κ2) is 13.3. The number of hydrogen-bond acceptors (Lipinski definition) is 4. The summed E-state index contributed by atoms with van der Waals surface area (Å²) in [6, 6.07) is 3.21. The molecule has 0 saturated carbocycles. The third-order valence-corrected chi connectivity index (χ3v) is 5.19. The Kier molecular flexibility index (Phi) is 11.9. The molecule has 0 fully saturated rings. The zero-order chi connectivity index (χ0) is 19.4. The average molecular weight is 492 g/mol. The fourth-order valence-electron chi connectivity index (χ4n) is 2.43. The molecule has 0 aliphatic heterocycles. The Labute approximate surface area is 173 Å². The van der Waals surface area contributed by atoms with E-state index < -0.39 is 5.97 Å². The average Bonchev–Trinajstić information content (AvgIpc) is 2.60. The highest BCUT2D eigenvalue weighted by Gasteiger charge is 2.19. The van der Waals surface area contributed by atoms with Crippen LogP contribution in [-0.4, -0.2) is 25.2 Å². The summed E-state index contributed by atoms with van der Waals surface area (Å²) in [4.78, 5) is 24.4. The molecule has 0 aliphatic carbocycles. The molecule has 0 heterocycles. The Morgan fingerprint density at radius 1 is 0.769 bits per heavy atom. The maximum atomic E-state index is 12.3. The molecule has 4 nitrogen and oxygen atoms in total. The first-order valence-corrected chi connectivity index (χ1v) is 10.9. The van der Waals surface area contributed by atoms with E-state index >= 15 is 0 Å². The zero-order valence-electron chi connectivity index (χ0n) is 15.6. The van der Waals surface area contributed by atoms with Gasteiger partial charge in [0, 0.05) is 8.95 Å². The molecule has 26 heavy (non-hydrogen) atoms. The van der Waals surface area contributed by atoms with Crippen LogP contribution in [0.5, 0.6) is 0 Å².